The number of amides is 3. The van der Waals surface area contributed by atoms with E-state index < -0.39 is 23.3 Å². The lowest BCUT2D eigenvalue weighted by molar-refractivity contribution is 0.00796. The molecule has 2 aromatic rings. The summed E-state index contributed by atoms with van der Waals surface area (Å²) in [6, 6.07) is 5.00. The van der Waals surface area contributed by atoms with E-state index in [9.17, 15) is 24.3 Å². The number of halogens is 1. The summed E-state index contributed by atoms with van der Waals surface area (Å²) >= 11 is 3.29. The number of rotatable bonds is 6. The number of carboxylic acid groups (broad SMARTS) is 1. The Morgan fingerprint density at radius 1 is 1.10 bits per heavy atom. The van der Waals surface area contributed by atoms with Gasteiger partial charge in [0.05, 0.1) is 5.54 Å². The Balaban J connectivity index is 2.04. The van der Waals surface area contributed by atoms with Gasteiger partial charge in [-0.1, -0.05) is 0 Å². The van der Waals surface area contributed by atoms with Gasteiger partial charge in [0.1, 0.15) is 10.2 Å². The molecule has 1 aliphatic heterocycles. The van der Waals surface area contributed by atoms with E-state index in [1.165, 1.54) is 10.8 Å². The van der Waals surface area contributed by atoms with Crippen LogP contribution in [0.25, 0.3) is 0 Å². The molecule has 13 heteroatoms. The van der Waals surface area contributed by atoms with Crippen molar-refractivity contribution in [3.8, 4) is 0 Å². The van der Waals surface area contributed by atoms with Crippen molar-refractivity contribution in [2.75, 3.05) is 38.5 Å². The number of ether oxygens (including phenoxy) is 1. The Morgan fingerprint density at radius 2 is 1.73 bits per heavy atom. The van der Waals surface area contributed by atoms with E-state index in [4.69, 9.17) is 4.74 Å². The normalized spacial score (nSPS) is 14.6. The van der Waals surface area contributed by atoms with Crippen LogP contribution in [-0.2, 0) is 18.2 Å². The van der Waals surface area contributed by atoms with Gasteiger partial charge in [0.25, 0.3) is 11.5 Å². The highest BCUT2D eigenvalue weighted by Crippen LogP contribution is 2.29. The molecule has 40 heavy (non-hydrogen) atoms. The van der Waals surface area contributed by atoms with Crippen molar-refractivity contribution in [1.29, 1.82) is 0 Å². The van der Waals surface area contributed by atoms with Crippen LogP contribution >= 0.6 is 15.9 Å². The summed E-state index contributed by atoms with van der Waals surface area (Å²) in [5.41, 5.74) is -1.20. The van der Waals surface area contributed by atoms with Gasteiger partial charge in [0.15, 0.2) is 5.82 Å². The van der Waals surface area contributed by atoms with Crippen molar-refractivity contribution < 1.29 is 24.2 Å². The van der Waals surface area contributed by atoms with Crippen LogP contribution in [0.4, 0.5) is 21.1 Å². The third-order valence-corrected chi connectivity index (χ3v) is 6.81. The minimum absolute atomic E-state index is 0.00675. The zero-order valence-electron chi connectivity index (χ0n) is 23.9. The molecule has 3 rings (SSSR count). The molecule has 1 saturated heterocycles. The predicted molar refractivity (Wildman–Crippen MR) is 154 cm³/mol. The number of aryl methyl sites for hydroxylation is 1. The molecule has 3 amide bonds. The molecule has 1 aromatic carbocycles. The molecule has 0 saturated carbocycles. The third-order valence-electron chi connectivity index (χ3n) is 6.43. The Bertz CT molecular complexity index is 1340. The summed E-state index contributed by atoms with van der Waals surface area (Å²) in [7, 11) is 3.59. The highest BCUT2D eigenvalue weighted by atomic mass is 79.9. The van der Waals surface area contributed by atoms with Crippen LogP contribution in [0.1, 0.15) is 50.5 Å². The SMILES string of the molecule is CN1CCN(C(=O)c2ccc(Nc3nc(Br)cn(C)c3=O)cc2CC(C)(C)N(C(=O)O)C(=O)OC(C)(C)C)CC1. The molecule has 1 fully saturated rings. The molecular formula is C27H37BrN6O6. The highest BCUT2D eigenvalue weighted by molar-refractivity contribution is 9.10. The average molecular weight is 622 g/mol. The van der Waals surface area contributed by atoms with E-state index in [0.29, 0.717) is 39.4 Å². The number of aromatic nitrogens is 2. The molecule has 0 radical (unpaired) electrons. The van der Waals surface area contributed by atoms with Crippen LogP contribution in [0.15, 0.2) is 33.8 Å². The summed E-state index contributed by atoms with van der Waals surface area (Å²) in [5, 5.41) is 13.0. The van der Waals surface area contributed by atoms with Crippen LogP contribution in [0.3, 0.4) is 0 Å². The van der Waals surface area contributed by atoms with Gasteiger partial charge in [-0.05, 0) is 87.8 Å². The van der Waals surface area contributed by atoms with Gasteiger partial charge in [0.2, 0.25) is 0 Å². The zero-order valence-corrected chi connectivity index (χ0v) is 25.5. The van der Waals surface area contributed by atoms with Crippen molar-refractivity contribution in [2.24, 2.45) is 7.05 Å². The van der Waals surface area contributed by atoms with E-state index in [2.05, 4.69) is 31.1 Å². The standard InChI is InChI=1S/C27H37BrN6O6/c1-26(2,3)40-25(39)34(24(37)38)27(4,5)15-17-14-18(29-21-23(36)32(7)16-20(28)30-21)8-9-19(17)22(35)33-12-10-31(6)11-13-33/h8-9,14,16H,10-13,15H2,1-7H3,(H,29,30)(H,37,38). The quantitative estimate of drug-likeness (QED) is 0.492. The molecule has 0 atom stereocenters. The van der Waals surface area contributed by atoms with Crippen LogP contribution in [0.2, 0.25) is 0 Å². The molecule has 1 aliphatic rings. The minimum atomic E-state index is -1.47. The van der Waals surface area contributed by atoms with Crippen molar-refractivity contribution in [3.05, 3.63) is 50.5 Å². The number of carbonyl (C=O) groups is 3. The Labute approximate surface area is 242 Å². The summed E-state index contributed by atoms with van der Waals surface area (Å²) in [4.78, 5) is 60.2. The first-order valence-electron chi connectivity index (χ1n) is 12.9. The molecule has 0 unspecified atom stereocenters. The Morgan fingerprint density at radius 3 is 2.30 bits per heavy atom. The Hall–Kier alpha value is -3.45. The van der Waals surface area contributed by atoms with Gasteiger partial charge in [-0.15, -0.1) is 0 Å². The first kappa shape index (κ1) is 31.1. The largest absolute Gasteiger partial charge is 0.465 e. The molecule has 0 bridgehead atoms. The fourth-order valence-corrected chi connectivity index (χ4v) is 4.91. The lowest BCUT2D eigenvalue weighted by atomic mass is 9.89. The van der Waals surface area contributed by atoms with Crippen LogP contribution < -0.4 is 10.9 Å². The number of piperazine rings is 1. The van der Waals surface area contributed by atoms with Crippen LogP contribution in [-0.4, -0.2) is 91.8 Å². The maximum atomic E-state index is 13.6. The van der Waals surface area contributed by atoms with Gasteiger partial charge in [-0.25, -0.2) is 19.5 Å². The van der Waals surface area contributed by atoms with Gasteiger partial charge in [-0.2, -0.15) is 0 Å². The van der Waals surface area contributed by atoms with Crippen LogP contribution in [0, 0.1) is 0 Å². The number of anilines is 2. The summed E-state index contributed by atoms with van der Waals surface area (Å²) < 4.78 is 7.20. The number of nitrogens with one attached hydrogen (secondary N) is 1. The lowest BCUT2D eigenvalue weighted by Gasteiger charge is -2.37. The number of imide groups is 1. The molecule has 0 aliphatic carbocycles. The maximum Gasteiger partial charge on any atom is 0.420 e. The third kappa shape index (κ3) is 7.60. The fraction of sp³-hybridized carbons (Fsp3) is 0.519. The molecule has 1 aromatic heterocycles. The first-order chi connectivity index (χ1) is 18.5. The number of benzene rings is 1. The predicted octanol–water partition coefficient (Wildman–Crippen LogP) is 3.91. The number of likely N-dealkylation sites (N-methyl/N-ethyl adjacent to an activating group) is 1. The molecule has 2 heterocycles. The molecule has 12 nitrogen and oxygen atoms in total. The monoisotopic (exact) mass is 620 g/mol. The first-order valence-corrected chi connectivity index (χ1v) is 13.6. The van der Waals surface area contributed by atoms with E-state index in [1.54, 1.807) is 64.8 Å². The second kappa shape index (κ2) is 12.0. The molecule has 2 N–H and O–H groups in total. The van der Waals surface area contributed by atoms with Crippen molar-refractivity contribution >= 4 is 45.5 Å². The lowest BCUT2D eigenvalue weighted by Crippen LogP contribution is -2.53. The van der Waals surface area contributed by atoms with E-state index in [0.717, 1.165) is 13.1 Å². The number of hydrogen-bond acceptors (Lipinski definition) is 8. The van der Waals surface area contributed by atoms with Crippen molar-refractivity contribution in [3.63, 3.8) is 0 Å². The topological polar surface area (TPSA) is 137 Å². The molecule has 0 spiro atoms. The van der Waals surface area contributed by atoms with Crippen molar-refractivity contribution in [2.45, 2.75) is 52.2 Å². The van der Waals surface area contributed by atoms with Gasteiger partial charge in [-0.3, -0.25) is 9.59 Å². The number of carbonyl (C=O) groups excluding carboxylic acids is 2. The van der Waals surface area contributed by atoms with Gasteiger partial charge >= 0.3 is 12.2 Å². The fourth-order valence-electron chi connectivity index (χ4n) is 4.43. The number of hydrogen-bond donors (Lipinski definition) is 2. The van der Waals surface area contributed by atoms with E-state index >= 15 is 0 Å². The number of nitrogens with zero attached hydrogens (tertiary/aromatic N) is 5. The maximum absolute atomic E-state index is 13.6. The second-order valence-corrected chi connectivity index (χ2v) is 12.3. The van der Waals surface area contributed by atoms with E-state index in [1.807, 2.05) is 7.05 Å². The average Bonchev–Trinajstić information content (AvgIpc) is 2.80. The summed E-state index contributed by atoms with van der Waals surface area (Å²) in [6.45, 7) is 10.7. The Kier molecular flexibility index (Phi) is 9.30. The van der Waals surface area contributed by atoms with Crippen LogP contribution in [0.5, 0.6) is 0 Å². The minimum Gasteiger partial charge on any atom is -0.465 e. The summed E-state index contributed by atoms with van der Waals surface area (Å²) in [5.74, 6) is -0.123. The van der Waals surface area contributed by atoms with E-state index in [-0.39, 0.29) is 23.7 Å². The summed E-state index contributed by atoms with van der Waals surface area (Å²) in [6.07, 6.45) is -0.932. The van der Waals surface area contributed by atoms with Gasteiger partial charge < -0.3 is 29.5 Å². The molecular weight excluding hydrogens is 584 g/mol. The zero-order chi connectivity index (χ0) is 30.0. The molecule has 218 valence electrons. The van der Waals surface area contributed by atoms with Gasteiger partial charge in [0, 0.05) is 50.7 Å². The van der Waals surface area contributed by atoms with Crippen molar-refractivity contribution in [1.82, 2.24) is 24.3 Å². The smallest absolute Gasteiger partial charge is 0.420 e. The second-order valence-electron chi connectivity index (χ2n) is 11.5. The highest BCUT2D eigenvalue weighted by Gasteiger charge is 2.40.